The average molecular weight is 332 g/mol. The van der Waals surface area contributed by atoms with Crippen LogP contribution in [0.5, 0.6) is 0 Å². The molecule has 2 nitrogen and oxygen atoms in total. The first-order valence-electron chi connectivity index (χ1n) is 9.49. The van der Waals surface area contributed by atoms with Crippen molar-refractivity contribution < 1.29 is 0 Å². The molecule has 1 heterocycles. The van der Waals surface area contributed by atoms with Gasteiger partial charge in [0.1, 0.15) is 0 Å². The fourth-order valence-electron chi connectivity index (χ4n) is 3.91. The van der Waals surface area contributed by atoms with Crippen LogP contribution in [0.25, 0.3) is 22.0 Å². The van der Waals surface area contributed by atoms with Crippen LogP contribution in [0.4, 0.5) is 0 Å². The second-order valence-corrected chi connectivity index (χ2v) is 8.30. The Morgan fingerprint density at radius 3 is 2.44 bits per heavy atom. The lowest BCUT2D eigenvalue weighted by Gasteiger charge is -2.34. The van der Waals surface area contributed by atoms with E-state index >= 15 is 0 Å². The Morgan fingerprint density at radius 1 is 0.960 bits per heavy atom. The number of hydrogen-bond donors (Lipinski definition) is 2. The van der Waals surface area contributed by atoms with Crippen LogP contribution >= 0.6 is 0 Å². The zero-order valence-electron chi connectivity index (χ0n) is 15.3. The van der Waals surface area contributed by atoms with Crippen molar-refractivity contribution in [1.82, 2.24) is 10.3 Å². The van der Waals surface area contributed by atoms with Gasteiger partial charge in [-0.15, -0.1) is 0 Å². The molecule has 1 aliphatic rings. The van der Waals surface area contributed by atoms with E-state index in [1.165, 1.54) is 53.3 Å². The molecule has 2 N–H and O–H groups in total. The molecule has 4 rings (SSSR count). The molecule has 3 aromatic rings. The Kier molecular flexibility index (Phi) is 4.39. The van der Waals surface area contributed by atoms with E-state index in [-0.39, 0.29) is 0 Å². The number of hydrogen-bond acceptors (Lipinski definition) is 1. The summed E-state index contributed by atoms with van der Waals surface area (Å²) in [5.41, 5.74) is 5.65. The fourth-order valence-corrected chi connectivity index (χ4v) is 3.91. The third kappa shape index (κ3) is 3.80. The maximum Gasteiger partial charge on any atom is 0.0460 e. The first kappa shape index (κ1) is 16.4. The second-order valence-electron chi connectivity index (χ2n) is 8.30. The van der Waals surface area contributed by atoms with Gasteiger partial charge < -0.3 is 10.3 Å². The fraction of sp³-hybridized carbons (Fsp3) is 0.391. The minimum absolute atomic E-state index is 0.542. The third-order valence-electron chi connectivity index (χ3n) is 5.78. The van der Waals surface area contributed by atoms with Crippen molar-refractivity contribution in [2.24, 2.45) is 5.41 Å². The molecule has 0 bridgehead atoms. The number of fused-ring (bicyclic) bond motifs is 1. The van der Waals surface area contributed by atoms with Crippen LogP contribution in [0.2, 0.25) is 0 Å². The Hall–Kier alpha value is -2.06. The van der Waals surface area contributed by atoms with Gasteiger partial charge in [-0.2, -0.15) is 0 Å². The maximum atomic E-state index is 3.75. The average Bonchev–Trinajstić information content (AvgIpc) is 3.09. The largest absolute Gasteiger partial charge is 0.361 e. The van der Waals surface area contributed by atoms with Crippen molar-refractivity contribution in [3.63, 3.8) is 0 Å². The molecular formula is C23H28N2. The van der Waals surface area contributed by atoms with E-state index < -0.39 is 0 Å². The number of aromatic amines is 1. The van der Waals surface area contributed by atoms with Crippen LogP contribution in [0.15, 0.2) is 54.7 Å². The molecule has 130 valence electrons. The zero-order chi connectivity index (χ0) is 17.3. The Bertz CT molecular complexity index is 832. The van der Waals surface area contributed by atoms with Gasteiger partial charge in [0.25, 0.3) is 0 Å². The minimum Gasteiger partial charge on any atom is -0.361 e. The number of H-pyrrole nitrogens is 1. The van der Waals surface area contributed by atoms with Crippen molar-refractivity contribution in [3.8, 4) is 11.1 Å². The number of aromatic nitrogens is 1. The highest BCUT2D eigenvalue weighted by Crippen LogP contribution is 2.35. The van der Waals surface area contributed by atoms with Crippen LogP contribution in [0, 0.1) is 5.41 Å². The van der Waals surface area contributed by atoms with Gasteiger partial charge in [-0.3, -0.25) is 0 Å². The minimum atomic E-state index is 0.542. The lowest BCUT2D eigenvalue weighted by atomic mass is 9.75. The van der Waals surface area contributed by atoms with Crippen LogP contribution < -0.4 is 5.32 Å². The Labute approximate surface area is 150 Å². The number of rotatable bonds is 4. The maximum absolute atomic E-state index is 3.75. The van der Waals surface area contributed by atoms with Gasteiger partial charge >= 0.3 is 0 Å². The van der Waals surface area contributed by atoms with Crippen LogP contribution in [-0.4, -0.2) is 11.0 Å². The highest BCUT2D eigenvalue weighted by molar-refractivity contribution is 5.84. The highest BCUT2D eigenvalue weighted by atomic mass is 14.9. The summed E-state index contributed by atoms with van der Waals surface area (Å²) in [5.74, 6) is 0. The summed E-state index contributed by atoms with van der Waals surface area (Å²) in [6.07, 6.45) is 7.29. The molecule has 2 aromatic carbocycles. The predicted molar refractivity (Wildman–Crippen MR) is 107 cm³/mol. The molecule has 25 heavy (non-hydrogen) atoms. The molecule has 1 fully saturated rings. The predicted octanol–water partition coefficient (Wildman–Crippen LogP) is 5.89. The van der Waals surface area contributed by atoms with E-state index in [1.807, 2.05) is 6.20 Å². The lowest BCUT2D eigenvalue weighted by molar-refractivity contribution is 0.206. The van der Waals surface area contributed by atoms with E-state index in [2.05, 4.69) is 72.7 Å². The standard InChI is InChI=1S/C23H28N2/c1-23(2)12-9-21(10-13-23)25-16-17-3-5-18(6-4-17)20-8-7-19-11-14-24-22(19)15-20/h3-8,11,14-15,21,24-25H,9-10,12-13,16H2,1-2H3. The topological polar surface area (TPSA) is 27.8 Å². The molecule has 2 heteroatoms. The lowest BCUT2D eigenvalue weighted by Crippen LogP contribution is -2.35. The molecule has 1 aliphatic carbocycles. The second kappa shape index (κ2) is 6.68. The summed E-state index contributed by atoms with van der Waals surface area (Å²) in [4.78, 5) is 3.29. The van der Waals surface area contributed by atoms with Crippen LogP contribution in [0.1, 0.15) is 45.1 Å². The number of benzene rings is 2. The van der Waals surface area contributed by atoms with Crippen molar-refractivity contribution in [3.05, 3.63) is 60.3 Å². The summed E-state index contributed by atoms with van der Waals surface area (Å²) in [7, 11) is 0. The van der Waals surface area contributed by atoms with Gasteiger partial charge in [-0.05, 0) is 65.3 Å². The molecule has 0 saturated heterocycles. The van der Waals surface area contributed by atoms with Crippen molar-refractivity contribution in [2.45, 2.75) is 52.1 Å². The molecule has 0 atom stereocenters. The molecule has 1 aromatic heterocycles. The zero-order valence-corrected chi connectivity index (χ0v) is 15.3. The third-order valence-corrected chi connectivity index (χ3v) is 5.78. The van der Waals surface area contributed by atoms with E-state index in [1.54, 1.807) is 0 Å². The molecule has 0 spiro atoms. The quantitative estimate of drug-likeness (QED) is 0.612. The summed E-state index contributed by atoms with van der Waals surface area (Å²) in [6, 6.07) is 18.4. The number of nitrogens with one attached hydrogen (secondary N) is 2. The Morgan fingerprint density at radius 2 is 1.68 bits per heavy atom. The van der Waals surface area contributed by atoms with Gasteiger partial charge in [0.05, 0.1) is 0 Å². The van der Waals surface area contributed by atoms with E-state index in [0.29, 0.717) is 11.5 Å². The monoisotopic (exact) mass is 332 g/mol. The van der Waals surface area contributed by atoms with Crippen LogP contribution in [0.3, 0.4) is 0 Å². The van der Waals surface area contributed by atoms with Crippen molar-refractivity contribution in [2.75, 3.05) is 0 Å². The van der Waals surface area contributed by atoms with Crippen molar-refractivity contribution >= 4 is 10.9 Å². The first-order valence-corrected chi connectivity index (χ1v) is 9.49. The van der Waals surface area contributed by atoms with Gasteiger partial charge in [-0.1, -0.05) is 50.2 Å². The SMILES string of the molecule is CC1(C)CCC(NCc2ccc(-c3ccc4cc[nH]c4c3)cc2)CC1. The summed E-state index contributed by atoms with van der Waals surface area (Å²) in [6.45, 7) is 5.76. The first-order chi connectivity index (χ1) is 12.1. The highest BCUT2D eigenvalue weighted by Gasteiger charge is 2.26. The van der Waals surface area contributed by atoms with Gasteiger partial charge in [0, 0.05) is 24.3 Å². The summed E-state index contributed by atoms with van der Waals surface area (Å²) in [5, 5.41) is 5.01. The van der Waals surface area contributed by atoms with E-state index in [4.69, 9.17) is 0 Å². The summed E-state index contributed by atoms with van der Waals surface area (Å²) < 4.78 is 0. The normalized spacial score (nSPS) is 17.8. The van der Waals surface area contributed by atoms with Gasteiger partial charge in [0.2, 0.25) is 0 Å². The molecule has 0 unspecified atom stereocenters. The molecule has 0 amide bonds. The van der Waals surface area contributed by atoms with Crippen molar-refractivity contribution in [1.29, 1.82) is 0 Å². The molecular weight excluding hydrogens is 304 g/mol. The van der Waals surface area contributed by atoms with E-state index in [9.17, 15) is 0 Å². The summed E-state index contributed by atoms with van der Waals surface area (Å²) >= 11 is 0. The molecule has 0 radical (unpaired) electrons. The molecule has 1 saturated carbocycles. The van der Waals surface area contributed by atoms with Gasteiger partial charge in [0.15, 0.2) is 0 Å². The van der Waals surface area contributed by atoms with Crippen LogP contribution in [-0.2, 0) is 6.54 Å². The Balaban J connectivity index is 1.38. The smallest absolute Gasteiger partial charge is 0.0460 e. The molecule has 0 aliphatic heterocycles. The van der Waals surface area contributed by atoms with E-state index in [0.717, 1.165) is 6.54 Å². The van der Waals surface area contributed by atoms with Gasteiger partial charge in [-0.25, -0.2) is 0 Å².